The van der Waals surface area contributed by atoms with Gasteiger partial charge in [-0.25, -0.2) is 4.79 Å². The van der Waals surface area contributed by atoms with Crippen molar-refractivity contribution in [1.29, 1.82) is 0 Å². The fourth-order valence-corrected chi connectivity index (χ4v) is 4.75. The molecule has 148 valence electrons. The lowest BCUT2D eigenvalue weighted by molar-refractivity contribution is 0.0691. The van der Waals surface area contributed by atoms with Crippen LogP contribution in [0.1, 0.15) is 66.9 Å². The average Bonchev–Trinajstić information content (AvgIpc) is 2.65. The molecule has 2 aliphatic rings. The minimum atomic E-state index is -1.16. The smallest absolute Gasteiger partial charge is 0.341 e. The van der Waals surface area contributed by atoms with Crippen LogP contribution in [0.2, 0.25) is 0 Å². The topological polar surface area (TPSA) is 68.5 Å². The first-order valence-corrected chi connectivity index (χ1v) is 10.2. The number of carboxylic acids is 1. The van der Waals surface area contributed by atoms with Crippen LogP contribution in [0.15, 0.2) is 29.2 Å². The lowest BCUT2D eigenvalue weighted by atomic mass is 9.69. The number of hydrogen-bond acceptors (Lipinski definition) is 3. The van der Waals surface area contributed by atoms with E-state index >= 15 is 0 Å². The SMILES string of the molecule is CCCCCc1cc2c(cc1OC)-c1cc(=O)c(C(=O)O)cn1C1(CCC1)C2. The van der Waals surface area contributed by atoms with Crippen molar-refractivity contribution in [3.05, 3.63) is 51.3 Å². The van der Waals surface area contributed by atoms with Gasteiger partial charge in [-0.05, 0) is 55.7 Å². The maximum Gasteiger partial charge on any atom is 0.341 e. The van der Waals surface area contributed by atoms with Gasteiger partial charge in [-0.15, -0.1) is 0 Å². The van der Waals surface area contributed by atoms with Gasteiger partial charge in [0.15, 0.2) is 5.43 Å². The van der Waals surface area contributed by atoms with Crippen LogP contribution in [-0.4, -0.2) is 22.8 Å². The number of nitrogens with zero attached hydrogens (tertiary/aromatic N) is 1. The largest absolute Gasteiger partial charge is 0.496 e. The van der Waals surface area contributed by atoms with Gasteiger partial charge in [0.05, 0.1) is 12.8 Å². The zero-order valence-corrected chi connectivity index (χ0v) is 16.6. The Bertz CT molecular complexity index is 985. The lowest BCUT2D eigenvalue weighted by Gasteiger charge is -2.49. The molecule has 1 spiro atoms. The number of hydrogen-bond donors (Lipinski definition) is 1. The molecule has 2 aromatic rings. The van der Waals surface area contributed by atoms with E-state index in [0.29, 0.717) is 0 Å². The predicted octanol–water partition coefficient (Wildman–Crippen LogP) is 4.39. The van der Waals surface area contributed by atoms with Crippen LogP contribution < -0.4 is 10.2 Å². The van der Waals surface area contributed by atoms with E-state index in [-0.39, 0.29) is 11.1 Å². The quantitative estimate of drug-likeness (QED) is 0.754. The lowest BCUT2D eigenvalue weighted by Crippen LogP contribution is -2.46. The van der Waals surface area contributed by atoms with Crippen LogP contribution in [0.3, 0.4) is 0 Å². The molecule has 1 aliphatic carbocycles. The van der Waals surface area contributed by atoms with Gasteiger partial charge in [-0.2, -0.15) is 0 Å². The number of aromatic carboxylic acids is 1. The highest BCUT2D eigenvalue weighted by Gasteiger charge is 2.43. The molecule has 1 aromatic carbocycles. The Morgan fingerprint density at radius 1 is 1.25 bits per heavy atom. The van der Waals surface area contributed by atoms with E-state index in [0.717, 1.165) is 55.5 Å². The average molecular weight is 381 g/mol. The normalized spacial score (nSPS) is 16.2. The molecule has 1 aromatic heterocycles. The van der Waals surface area contributed by atoms with Gasteiger partial charge in [0.1, 0.15) is 11.3 Å². The first-order chi connectivity index (χ1) is 13.5. The molecule has 4 rings (SSSR count). The number of pyridine rings is 1. The number of carbonyl (C=O) groups is 1. The van der Waals surface area contributed by atoms with E-state index in [1.54, 1.807) is 13.3 Å². The van der Waals surface area contributed by atoms with Gasteiger partial charge in [0, 0.05) is 23.4 Å². The summed E-state index contributed by atoms with van der Waals surface area (Å²) < 4.78 is 7.72. The Morgan fingerprint density at radius 2 is 2.04 bits per heavy atom. The number of benzene rings is 1. The maximum atomic E-state index is 12.4. The van der Waals surface area contributed by atoms with E-state index < -0.39 is 11.4 Å². The Labute approximate surface area is 165 Å². The molecule has 1 saturated carbocycles. The zero-order chi connectivity index (χ0) is 19.9. The van der Waals surface area contributed by atoms with Gasteiger partial charge < -0.3 is 14.4 Å². The maximum absolute atomic E-state index is 12.4. The molecule has 0 saturated heterocycles. The summed E-state index contributed by atoms with van der Waals surface area (Å²) >= 11 is 0. The molecule has 0 atom stereocenters. The molecule has 2 heterocycles. The van der Waals surface area contributed by atoms with Crippen LogP contribution >= 0.6 is 0 Å². The number of aromatic nitrogens is 1. The van der Waals surface area contributed by atoms with Crippen molar-refractivity contribution in [1.82, 2.24) is 4.57 Å². The monoisotopic (exact) mass is 381 g/mol. The summed E-state index contributed by atoms with van der Waals surface area (Å²) in [4.78, 5) is 23.9. The minimum Gasteiger partial charge on any atom is -0.496 e. The zero-order valence-electron chi connectivity index (χ0n) is 16.6. The summed E-state index contributed by atoms with van der Waals surface area (Å²) in [7, 11) is 1.68. The second-order valence-corrected chi connectivity index (χ2v) is 8.14. The first-order valence-electron chi connectivity index (χ1n) is 10.2. The fraction of sp³-hybridized carbons (Fsp3) is 0.478. The molecular formula is C23H27NO4. The Hall–Kier alpha value is -2.56. The summed E-state index contributed by atoms with van der Waals surface area (Å²) in [6, 6.07) is 5.79. The third-order valence-corrected chi connectivity index (χ3v) is 6.43. The molecule has 1 aliphatic heterocycles. The number of ether oxygens (including phenoxy) is 1. The summed E-state index contributed by atoms with van der Waals surface area (Å²) in [6.07, 6.45) is 10.1. The number of aryl methyl sites for hydroxylation is 1. The second kappa shape index (κ2) is 7.12. The first kappa shape index (κ1) is 18.8. The minimum absolute atomic E-state index is 0.102. The van der Waals surface area contributed by atoms with Crippen LogP contribution in [0.25, 0.3) is 11.3 Å². The van der Waals surface area contributed by atoms with E-state index in [1.165, 1.54) is 30.0 Å². The van der Waals surface area contributed by atoms with Gasteiger partial charge in [-0.3, -0.25) is 4.79 Å². The van der Waals surface area contributed by atoms with Gasteiger partial charge in [0.2, 0.25) is 0 Å². The molecule has 1 N–H and O–H groups in total. The van der Waals surface area contributed by atoms with Gasteiger partial charge in [-0.1, -0.05) is 25.8 Å². The highest BCUT2D eigenvalue weighted by Crippen LogP contribution is 2.49. The standard InChI is InChI=1S/C23H27NO4/c1-3-4-5-7-15-10-16-13-23(8-6-9-23)24-14-18(22(26)27)20(25)12-19(24)17(16)11-21(15)28-2/h10-12,14H,3-9,13H2,1-2H3,(H,26,27). The third kappa shape index (κ3) is 2.93. The Balaban J connectivity index is 1.87. The number of fused-ring (bicyclic) bond motifs is 4. The van der Waals surface area contributed by atoms with Crippen molar-refractivity contribution in [3.8, 4) is 17.0 Å². The van der Waals surface area contributed by atoms with Gasteiger partial charge >= 0.3 is 5.97 Å². The van der Waals surface area contributed by atoms with Gasteiger partial charge in [0.25, 0.3) is 0 Å². The summed E-state index contributed by atoms with van der Waals surface area (Å²) in [5, 5.41) is 9.41. The van der Waals surface area contributed by atoms with E-state index in [9.17, 15) is 14.7 Å². The molecule has 0 bridgehead atoms. The molecular weight excluding hydrogens is 354 g/mol. The van der Waals surface area contributed by atoms with Crippen LogP contribution in [0.5, 0.6) is 5.75 Å². The molecule has 0 amide bonds. The summed E-state index contributed by atoms with van der Waals surface area (Å²) in [6.45, 7) is 2.20. The number of rotatable bonds is 6. The number of methoxy groups -OCH3 is 1. The fourth-order valence-electron chi connectivity index (χ4n) is 4.75. The van der Waals surface area contributed by atoms with Crippen LogP contribution in [0, 0.1) is 0 Å². The predicted molar refractivity (Wildman–Crippen MR) is 108 cm³/mol. The van der Waals surface area contributed by atoms with Crippen LogP contribution in [0.4, 0.5) is 0 Å². The molecule has 1 fully saturated rings. The molecule has 0 unspecified atom stereocenters. The van der Waals surface area contributed by atoms with E-state index in [4.69, 9.17) is 4.74 Å². The number of unbranched alkanes of at least 4 members (excludes halogenated alkanes) is 2. The van der Waals surface area contributed by atoms with E-state index in [1.807, 2.05) is 6.07 Å². The number of carboxylic acid groups (broad SMARTS) is 1. The molecule has 5 heteroatoms. The highest BCUT2D eigenvalue weighted by atomic mass is 16.5. The van der Waals surface area contributed by atoms with Crippen molar-refractivity contribution < 1.29 is 14.6 Å². The molecule has 28 heavy (non-hydrogen) atoms. The van der Waals surface area contributed by atoms with Crippen molar-refractivity contribution >= 4 is 5.97 Å². The second-order valence-electron chi connectivity index (χ2n) is 8.14. The van der Waals surface area contributed by atoms with E-state index in [2.05, 4.69) is 17.6 Å². The molecule has 0 radical (unpaired) electrons. The summed E-state index contributed by atoms with van der Waals surface area (Å²) in [5.41, 5.74) is 3.58. The third-order valence-electron chi connectivity index (χ3n) is 6.43. The Morgan fingerprint density at radius 3 is 2.64 bits per heavy atom. The van der Waals surface area contributed by atoms with Crippen molar-refractivity contribution in [2.75, 3.05) is 7.11 Å². The summed E-state index contributed by atoms with van der Waals surface area (Å²) in [5.74, 6) is -0.315. The van der Waals surface area contributed by atoms with Crippen LogP contribution in [-0.2, 0) is 18.4 Å². The van der Waals surface area contributed by atoms with Crippen molar-refractivity contribution in [3.63, 3.8) is 0 Å². The van der Waals surface area contributed by atoms with Crippen molar-refractivity contribution in [2.45, 2.75) is 63.8 Å². The highest BCUT2D eigenvalue weighted by molar-refractivity contribution is 5.88. The molecule has 5 nitrogen and oxygen atoms in total. The van der Waals surface area contributed by atoms with Crippen molar-refractivity contribution in [2.24, 2.45) is 0 Å². The Kier molecular flexibility index (Phi) is 4.77.